The van der Waals surface area contributed by atoms with Gasteiger partial charge in [0, 0.05) is 12.9 Å². The summed E-state index contributed by atoms with van der Waals surface area (Å²) in [6.07, 6.45) is 0. The van der Waals surface area contributed by atoms with Crippen LogP contribution in [-0.4, -0.2) is 39.5 Å². The van der Waals surface area contributed by atoms with Crippen LogP contribution in [0.2, 0.25) is 0 Å². The van der Waals surface area contributed by atoms with Crippen molar-refractivity contribution in [2.24, 2.45) is 0 Å². The number of halogens is 1. The number of rotatable bonds is 3. The van der Waals surface area contributed by atoms with Crippen molar-refractivity contribution in [2.45, 2.75) is 19.4 Å². The topological polar surface area (TPSA) is 60.8 Å². The van der Waals surface area contributed by atoms with Gasteiger partial charge < -0.3 is 15.1 Å². The Kier molecular flexibility index (Phi) is 3.88. The monoisotopic (exact) mass is 257 g/mol. The molecule has 1 rings (SSSR count). The van der Waals surface area contributed by atoms with E-state index in [9.17, 15) is 15.0 Å². The van der Waals surface area contributed by atoms with Crippen molar-refractivity contribution in [3.05, 3.63) is 23.8 Å². The Bertz CT molecular complexity index is 432. The lowest BCUT2D eigenvalue weighted by Gasteiger charge is -2.34. The largest absolute Gasteiger partial charge is 0.504 e. The summed E-state index contributed by atoms with van der Waals surface area (Å²) >= 11 is 5.78. The Balaban J connectivity index is 3.09. The average Bonchev–Trinajstić information content (AvgIpc) is 2.30. The van der Waals surface area contributed by atoms with Gasteiger partial charge >= 0.3 is 0 Å². The first kappa shape index (κ1) is 13.6. The quantitative estimate of drug-likeness (QED) is 0.645. The lowest BCUT2D eigenvalue weighted by molar-refractivity contribution is 0.0656. The first-order valence-electron chi connectivity index (χ1n) is 5.16. The Morgan fingerprint density at radius 1 is 1.41 bits per heavy atom. The smallest absolute Gasteiger partial charge is 0.257 e. The molecule has 2 N–H and O–H groups in total. The number of alkyl halides is 1. The van der Waals surface area contributed by atoms with Gasteiger partial charge in [-0.1, -0.05) is 6.07 Å². The number of phenolic OH excluding ortho intramolecular Hbond substituents is 2. The van der Waals surface area contributed by atoms with Crippen molar-refractivity contribution < 1.29 is 15.0 Å². The van der Waals surface area contributed by atoms with Gasteiger partial charge in [-0.3, -0.25) is 4.79 Å². The van der Waals surface area contributed by atoms with Crippen molar-refractivity contribution in [1.29, 1.82) is 0 Å². The molecule has 0 saturated carbocycles. The summed E-state index contributed by atoms with van der Waals surface area (Å²) < 4.78 is 0. The second kappa shape index (κ2) is 4.84. The second-order valence-corrected chi connectivity index (χ2v) is 4.75. The van der Waals surface area contributed by atoms with Gasteiger partial charge in [0.1, 0.15) is 0 Å². The van der Waals surface area contributed by atoms with Crippen LogP contribution in [0.4, 0.5) is 0 Å². The molecule has 0 bridgehead atoms. The van der Waals surface area contributed by atoms with E-state index in [0.717, 1.165) is 0 Å². The van der Waals surface area contributed by atoms with E-state index in [1.54, 1.807) is 7.05 Å². The standard InChI is InChI=1S/C12H16ClNO3/c1-12(2,7-13)14(3)11(17)8-5-4-6-9(15)10(8)16/h4-6,15-16H,7H2,1-3H3. The normalized spacial score (nSPS) is 11.3. The van der Waals surface area contributed by atoms with E-state index in [0.29, 0.717) is 0 Å². The molecule has 0 fully saturated rings. The number of carbonyl (C=O) groups is 1. The first-order chi connectivity index (χ1) is 7.81. The molecule has 0 aromatic heterocycles. The third-order valence-corrected chi connectivity index (χ3v) is 3.44. The van der Waals surface area contributed by atoms with Crippen LogP contribution in [0, 0.1) is 0 Å². The van der Waals surface area contributed by atoms with Crippen LogP contribution in [-0.2, 0) is 0 Å². The highest BCUT2D eigenvalue weighted by Crippen LogP contribution is 2.30. The van der Waals surface area contributed by atoms with Gasteiger partial charge in [-0.25, -0.2) is 0 Å². The Morgan fingerprint density at radius 2 is 2.00 bits per heavy atom. The number of amides is 1. The summed E-state index contributed by atoms with van der Waals surface area (Å²) in [5, 5.41) is 19.0. The van der Waals surface area contributed by atoms with Crippen molar-refractivity contribution in [3.8, 4) is 11.5 Å². The molecule has 4 nitrogen and oxygen atoms in total. The maximum atomic E-state index is 12.1. The maximum absolute atomic E-state index is 12.1. The Morgan fingerprint density at radius 3 is 2.53 bits per heavy atom. The van der Waals surface area contributed by atoms with E-state index < -0.39 is 11.3 Å². The number of hydrogen-bond acceptors (Lipinski definition) is 3. The van der Waals surface area contributed by atoms with Gasteiger partial charge in [-0.05, 0) is 26.0 Å². The molecule has 0 aliphatic heterocycles. The van der Waals surface area contributed by atoms with E-state index in [1.165, 1.54) is 23.1 Å². The van der Waals surface area contributed by atoms with Crippen molar-refractivity contribution in [2.75, 3.05) is 12.9 Å². The van der Waals surface area contributed by atoms with Crippen LogP contribution in [0.5, 0.6) is 11.5 Å². The summed E-state index contributed by atoms with van der Waals surface area (Å²) in [4.78, 5) is 13.6. The van der Waals surface area contributed by atoms with Crippen molar-refractivity contribution in [1.82, 2.24) is 4.90 Å². The predicted octanol–water partition coefficient (Wildman–Crippen LogP) is 2.19. The highest BCUT2D eigenvalue weighted by molar-refractivity contribution is 6.18. The fraction of sp³-hybridized carbons (Fsp3) is 0.417. The van der Waals surface area contributed by atoms with Gasteiger partial charge in [-0.2, -0.15) is 0 Å². The molecule has 0 aliphatic carbocycles. The number of para-hydroxylation sites is 1. The molecular formula is C12H16ClNO3. The molecule has 94 valence electrons. The summed E-state index contributed by atoms with van der Waals surface area (Å²) in [6.45, 7) is 3.63. The lowest BCUT2D eigenvalue weighted by atomic mass is 10.0. The van der Waals surface area contributed by atoms with E-state index in [2.05, 4.69) is 0 Å². The molecule has 0 heterocycles. The fourth-order valence-corrected chi connectivity index (χ4v) is 1.43. The molecule has 1 aromatic carbocycles. The minimum absolute atomic E-state index is 0.0608. The molecule has 0 radical (unpaired) electrons. The number of aromatic hydroxyl groups is 2. The van der Waals surface area contributed by atoms with Gasteiger partial charge in [0.05, 0.1) is 11.1 Å². The third-order valence-electron chi connectivity index (χ3n) is 2.78. The van der Waals surface area contributed by atoms with Crippen LogP contribution in [0.25, 0.3) is 0 Å². The number of hydrogen-bond donors (Lipinski definition) is 2. The minimum atomic E-state index is -0.531. The van der Waals surface area contributed by atoms with Gasteiger partial charge in [0.25, 0.3) is 5.91 Å². The summed E-state index contributed by atoms with van der Waals surface area (Å²) in [5.41, 5.74) is -0.470. The van der Waals surface area contributed by atoms with Crippen LogP contribution in [0.1, 0.15) is 24.2 Å². The predicted molar refractivity (Wildman–Crippen MR) is 66.7 cm³/mol. The number of carbonyl (C=O) groups excluding carboxylic acids is 1. The van der Waals surface area contributed by atoms with E-state index in [-0.39, 0.29) is 23.1 Å². The maximum Gasteiger partial charge on any atom is 0.257 e. The average molecular weight is 258 g/mol. The first-order valence-corrected chi connectivity index (χ1v) is 5.70. The molecule has 0 aliphatic rings. The van der Waals surface area contributed by atoms with Gasteiger partial charge in [-0.15, -0.1) is 11.6 Å². The van der Waals surface area contributed by atoms with E-state index >= 15 is 0 Å². The number of nitrogens with zero attached hydrogens (tertiary/aromatic N) is 1. The Hall–Kier alpha value is -1.42. The molecular weight excluding hydrogens is 242 g/mol. The van der Waals surface area contributed by atoms with Crippen molar-refractivity contribution in [3.63, 3.8) is 0 Å². The van der Waals surface area contributed by atoms with Crippen LogP contribution in [0.15, 0.2) is 18.2 Å². The summed E-state index contributed by atoms with van der Waals surface area (Å²) in [5.74, 6) is -0.832. The third kappa shape index (κ3) is 2.64. The van der Waals surface area contributed by atoms with E-state index in [1.807, 2.05) is 13.8 Å². The highest BCUT2D eigenvalue weighted by Gasteiger charge is 2.29. The zero-order valence-electron chi connectivity index (χ0n) is 10.1. The second-order valence-electron chi connectivity index (χ2n) is 4.48. The van der Waals surface area contributed by atoms with Crippen LogP contribution < -0.4 is 0 Å². The van der Waals surface area contributed by atoms with Crippen LogP contribution in [0.3, 0.4) is 0 Å². The van der Waals surface area contributed by atoms with Crippen molar-refractivity contribution >= 4 is 17.5 Å². The summed E-state index contributed by atoms with van der Waals surface area (Å²) in [7, 11) is 1.61. The lowest BCUT2D eigenvalue weighted by Crippen LogP contribution is -2.46. The SMILES string of the molecule is CN(C(=O)c1cccc(O)c1O)C(C)(C)CCl. The number of phenols is 2. The molecule has 0 atom stereocenters. The molecule has 1 amide bonds. The summed E-state index contributed by atoms with van der Waals surface area (Å²) in [6, 6.07) is 4.28. The molecule has 0 spiro atoms. The minimum Gasteiger partial charge on any atom is -0.504 e. The van der Waals surface area contributed by atoms with Gasteiger partial charge in [0.15, 0.2) is 11.5 Å². The molecule has 5 heteroatoms. The zero-order valence-corrected chi connectivity index (χ0v) is 10.8. The molecule has 0 saturated heterocycles. The molecule has 17 heavy (non-hydrogen) atoms. The van der Waals surface area contributed by atoms with Gasteiger partial charge in [0.2, 0.25) is 0 Å². The van der Waals surface area contributed by atoms with E-state index in [4.69, 9.17) is 11.6 Å². The molecule has 1 aromatic rings. The Labute approximate surface area is 105 Å². The molecule has 0 unspecified atom stereocenters. The highest BCUT2D eigenvalue weighted by atomic mass is 35.5. The number of benzene rings is 1. The van der Waals surface area contributed by atoms with Crippen LogP contribution >= 0.6 is 11.6 Å². The fourth-order valence-electron chi connectivity index (χ4n) is 1.25. The zero-order chi connectivity index (χ0) is 13.2.